The third-order valence-electron chi connectivity index (χ3n) is 1.59. The zero-order valence-electron chi connectivity index (χ0n) is 7.13. The molecule has 2 nitrogen and oxygen atoms in total. The van der Waals surface area contributed by atoms with Gasteiger partial charge in [0.1, 0.15) is 5.75 Å². The van der Waals surface area contributed by atoms with Crippen LogP contribution < -0.4 is 4.74 Å². The van der Waals surface area contributed by atoms with Crippen molar-refractivity contribution in [1.29, 1.82) is 0 Å². The van der Waals surface area contributed by atoms with Crippen LogP contribution in [0, 0.1) is 0 Å². The van der Waals surface area contributed by atoms with Crippen molar-refractivity contribution in [1.82, 2.24) is 0 Å². The van der Waals surface area contributed by atoms with Crippen molar-refractivity contribution < 1.29 is 22.5 Å². The fourth-order valence-electron chi connectivity index (χ4n) is 0.919. The first-order chi connectivity index (χ1) is 6.49. The normalized spacial score (nSPS) is 11.5. The molecule has 6 heteroatoms. The number of hydrogen-bond donors (Lipinski definition) is 1. The standard InChI is InChI=1S/C8H7F3O2S/c1-13-6-4-5(8(9,10)11)2-3-7(6)14-12/h2-4,12H,1H3. The highest BCUT2D eigenvalue weighted by atomic mass is 32.2. The van der Waals surface area contributed by atoms with E-state index in [9.17, 15) is 13.2 Å². The van der Waals surface area contributed by atoms with Crippen LogP contribution in [0.4, 0.5) is 13.2 Å². The van der Waals surface area contributed by atoms with Crippen LogP contribution in [0.2, 0.25) is 0 Å². The molecule has 0 aliphatic carbocycles. The largest absolute Gasteiger partial charge is 0.495 e. The molecule has 0 aliphatic rings. The Morgan fingerprint density at radius 1 is 1.36 bits per heavy atom. The van der Waals surface area contributed by atoms with Crippen LogP contribution in [0.3, 0.4) is 0 Å². The summed E-state index contributed by atoms with van der Waals surface area (Å²) >= 11 is 0.347. The molecule has 0 fully saturated rings. The van der Waals surface area contributed by atoms with Crippen LogP contribution in [0.1, 0.15) is 5.56 Å². The maximum atomic E-state index is 12.2. The first-order valence-corrected chi connectivity index (χ1v) is 4.33. The molecule has 0 aliphatic heterocycles. The van der Waals surface area contributed by atoms with Gasteiger partial charge in [0.15, 0.2) is 0 Å². The van der Waals surface area contributed by atoms with Crippen LogP contribution in [-0.4, -0.2) is 11.7 Å². The summed E-state index contributed by atoms with van der Waals surface area (Å²) in [5.74, 6) is 0.00678. The van der Waals surface area contributed by atoms with Crippen molar-refractivity contribution in [2.75, 3.05) is 7.11 Å². The SMILES string of the molecule is COc1cc(C(F)(F)F)ccc1SO. The molecule has 0 spiro atoms. The zero-order chi connectivity index (χ0) is 10.8. The molecule has 0 amide bonds. The highest BCUT2D eigenvalue weighted by Crippen LogP contribution is 2.35. The van der Waals surface area contributed by atoms with Gasteiger partial charge in [-0.3, -0.25) is 0 Å². The van der Waals surface area contributed by atoms with E-state index in [4.69, 9.17) is 9.29 Å². The first-order valence-electron chi connectivity index (χ1n) is 3.55. The van der Waals surface area contributed by atoms with Crippen molar-refractivity contribution in [2.24, 2.45) is 0 Å². The van der Waals surface area contributed by atoms with Gasteiger partial charge in [0, 0.05) is 12.0 Å². The fourth-order valence-corrected chi connectivity index (χ4v) is 1.28. The third-order valence-corrected chi connectivity index (χ3v) is 2.12. The maximum absolute atomic E-state index is 12.2. The molecule has 0 unspecified atom stereocenters. The van der Waals surface area contributed by atoms with Gasteiger partial charge in [-0.2, -0.15) is 13.2 Å². The van der Waals surface area contributed by atoms with Gasteiger partial charge in [0.25, 0.3) is 0 Å². The van der Waals surface area contributed by atoms with Crippen molar-refractivity contribution >= 4 is 12.0 Å². The number of hydrogen-bond acceptors (Lipinski definition) is 3. The molecule has 0 bridgehead atoms. The molecule has 1 aromatic rings. The second kappa shape index (κ2) is 4.10. The Kier molecular flexibility index (Phi) is 3.28. The lowest BCUT2D eigenvalue weighted by Crippen LogP contribution is -2.05. The highest BCUT2D eigenvalue weighted by Gasteiger charge is 2.31. The van der Waals surface area contributed by atoms with E-state index in [2.05, 4.69) is 0 Å². The van der Waals surface area contributed by atoms with Crippen LogP contribution >= 0.6 is 12.0 Å². The average Bonchev–Trinajstić information content (AvgIpc) is 2.15. The van der Waals surface area contributed by atoms with Gasteiger partial charge in [-0.1, -0.05) is 0 Å². The predicted molar refractivity (Wildman–Crippen MR) is 46.5 cm³/mol. The molecular formula is C8H7F3O2S. The van der Waals surface area contributed by atoms with E-state index in [0.29, 0.717) is 12.0 Å². The monoisotopic (exact) mass is 224 g/mol. The van der Waals surface area contributed by atoms with E-state index < -0.39 is 11.7 Å². The summed E-state index contributed by atoms with van der Waals surface area (Å²) in [6, 6.07) is 2.89. The molecule has 78 valence electrons. The number of rotatable bonds is 2. The molecule has 1 rings (SSSR count). The Hall–Kier alpha value is -0.880. The molecule has 0 heterocycles. The zero-order valence-corrected chi connectivity index (χ0v) is 7.95. The molecule has 1 aromatic carbocycles. The van der Waals surface area contributed by atoms with Crippen molar-refractivity contribution in [3.63, 3.8) is 0 Å². The summed E-state index contributed by atoms with van der Waals surface area (Å²) in [6.45, 7) is 0. The van der Waals surface area contributed by atoms with E-state index >= 15 is 0 Å². The van der Waals surface area contributed by atoms with E-state index in [-0.39, 0.29) is 10.6 Å². The van der Waals surface area contributed by atoms with E-state index in [1.807, 2.05) is 0 Å². The van der Waals surface area contributed by atoms with E-state index in [1.165, 1.54) is 7.11 Å². The lowest BCUT2D eigenvalue weighted by molar-refractivity contribution is -0.137. The molecule has 0 aromatic heterocycles. The number of alkyl halides is 3. The Labute approximate surface area is 82.9 Å². The number of halogens is 3. The average molecular weight is 224 g/mol. The minimum absolute atomic E-state index is 0.00678. The van der Waals surface area contributed by atoms with Gasteiger partial charge in [0.05, 0.1) is 17.6 Å². The van der Waals surface area contributed by atoms with Crippen LogP contribution in [0.25, 0.3) is 0 Å². The van der Waals surface area contributed by atoms with Crippen LogP contribution in [-0.2, 0) is 6.18 Å². The summed E-state index contributed by atoms with van der Waals surface area (Å²) in [5, 5.41) is 0. The third kappa shape index (κ3) is 2.33. The molecule has 14 heavy (non-hydrogen) atoms. The molecular weight excluding hydrogens is 217 g/mol. The number of benzene rings is 1. The summed E-state index contributed by atoms with van der Waals surface area (Å²) in [7, 11) is 1.25. The van der Waals surface area contributed by atoms with Gasteiger partial charge in [0.2, 0.25) is 0 Å². The smallest absolute Gasteiger partial charge is 0.416 e. The Morgan fingerprint density at radius 2 is 2.00 bits per heavy atom. The second-order valence-electron chi connectivity index (χ2n) is 2.45. The minimum atomic E-state index is -4.40. The van der Waals surface area contributed by atoms with Crippen LogP contribution in [0.15, 0.2) is 23.1 Å². The van der Waals surface area contributed by atoms with Crippen LogP contribution in [0.5, 0.6) is 5.75 Å². The Balaban J connectivity index is 3.14. The van der Waals surface area contributed by atoms with Gasteiger partial charge < -0.3 is 9.29 Å². The topological polar surface area (TPSA) is 29.5 Å². The van der Waals surface area contributed by atoms with Gasteiger partial charge in [-0.05, 0) is 18.2 Å². The quantitative estimate of drug-likeness (QED) is 0.782. The van der Waals surface area contributed by atoms with E-state index in [0.717, 1.165) is 18.2 Å². The molecule has 0 saturated heterocycles. The lowest BCUT2D eigenvalue weighted by atomic mass is 10.2. The fraction of sp³-hybridized carbons (Fsp3) is 0.250. The summed E-state index contributed by atoms with van der Waals surface area (Å²) < 4.78 is 50.0. The van der Waals surface area contributed by atoms with Crippen molar-refractivity contribution in [3.8, 4) is 5.75 Å². The maximum Gasteiger partial charge on any atom is 0.416 e. The second-order valence-corrected chi connectivity index (χ2v) is 3.08. The summed E-state index contributed by atoms with van der Waals surface area (Å²) in [4.78, 5) is 0.250. The van der Waals surface area contributed by atoms with Gasteiger partial charge >= 0.3 is 6.18 Å². The molecule has 1 N–H and O–H groups in total. The van der Waals surface area contributed by atoms with Gasteiger partial charge in [-0.15, -0.1) is 0 Å². The predicted octanol–water partition coefficient (Wildman–Crippen LogP) is 3.28. The molecule has 0 saturated carbocycles. The Morgan fingerprint density at radius 3 is 2.43 bits per heavy atom. The summed E-state index contributed by atoms with van der Waals surface area (Å²) in [5.41, 5.74) is -0.799. The number of methoxy groups -OCH3 is 1. The highest BCUT2D eigenvalue weighted by molar-refractivity contribution is 7.93. The van der Waals surface area contributed by atoms with Crippen molar-refractivity contribution in [3.05, 3.63) is 23.8 Å². The summed E-state index contributed by atoms with van der Waals surface area (Å²) in [6.07, 6.45) is -4.40. The van der Waals surface area contributed by atoms with Crippen molar-refractivity contribution in [2.45, 2.75) is 11.1 Å². The Bertz CT molecular complexity index is 325. The first kappa shape index (κ1) is 11.2. The molecule has 0 radical (unpaired) electrons. The number of ether oxygens (including phenoxy) is 1. The van der Waals surface area contributed by atoms with Gasteiger partial charge in [-0.25, -0.2) is 0 Å². The van der Waals surface area contributed by atoms with E-state index in [1.54, 1.807) is 0 Å². The minimum Gasteiger partial charge on any atom is -0.495 e. The lowest BCUT2D eigenvalue weighted by Gasteiger charge is -2.10. The molecule has 0 atom stereocenters.